The maximum absolute atomic E-state index is 11.4. The minimum Gasteiger partial charge on any atom is -0.463 e. The van der Waals surface area contributed by atoms with Gasteiger partial charge in [-0.2, -0.15) is 0 Å². The molecule has 112 valence electrons. The summed E-state index contributed by atoms with van der Waals surface area (Å²) in [5.41, 5.74) is -0.940. The highest BCUT2D eigenvalue weighted by atomic mass is 16.5. The first kappa shape index (κ1) is 15.1. The van der Waals surface area contributed by atoms with Crippen molar-refractivity contribution in [3.63, 3.8) is 0 Å². The van der Waals surface area contributed by atoms with E-state index in [1.807, 2.05) is 0 Å². The Morgan fingerprint density at radius 3 is 2.95 bits per heavy atom. The molecule has 0 aromatic carbocycles. The summed E-state index contributed by atoms with van der Waals surface area (Å²) < 4.78 is 10.1. The number of rotatable bonds is 4. The number of ether oxygens (including phenoxy) is 1. The number of hydrogen-bond donors (Lipinski definition) is 1. The van der Waals surface area contributed by atoms with E-state index in [1.54, 1.807) is 12.1 Å². The zero-order valence-electron chi connectivity index (χ0n) is 12.5. The summed E-state index contributed by atoms with van der Waals surface area (Å²) in [4.78, 5) is 11.4. The lowest BCUT2D eigenvalue weighted by molar-refractivity contribution is -0.0421. The van der Waals surface area contributed by atoms with Crippen molar-refractivity contribution in [3.05, 3.63) is 23.7 Å². The first-order valence-corrected chi connectivity index (χ1v) is 7.35. The highest BCUT2D eigenvalue weighted by molar-refractivity contribution is 5.86. The van der Waals surface area contributed by atoms with Crippen molar-refractivity contribution < 1.29 is 19.1 Å². The van der Waals surface area contributed by atoms with Crippen LogP contribution in [0.4, 0.5) is 0 Å². The highest BCUT2D eigenvalue weighted by Crippen LogP contribution is 2.42. The van der Waals surface area contributed by atoms with Gasteiger partial charge in [-0.25, -0.2) is 4.79 Å². The number of methoxy groups -OCH3 is 1. The summed E-state index contributed by atoms with van der Waals surface area (Å²) in [6.45, 7) is 4.41. The third-order valence-corrected chi connectivity index (χ3v) is 4.09. The molecule has 0 spiro atoms. The summed E-state index contributed by atoms with van der Waals surface area (Å²) in [5.74, 6) is 1.28. The molecule has 0 saturated heterocycles. The Kier molecular flexibility index (Phi) is 4.53. The number of carbonyl (C=O) groups excluding carboxylic acids is 1. The van der Waals surface area contributed by atoms with Gasteiger partial charge < -0.3 is 14.3 Å². The van der Waals surface area contributed by atoms with E-state index in [1.165, 1.54) is 7.11 Å². The van der Waals surface area contributed by atoms with Crippen molar-refractivity contribution in [1.29, 1.82) is 0 Å². The maximum atomic E-state index is 11.4. The van der Waals surface area contributed by atoms with Gasteiger partial charge in [-0.1, -0.05) is 20.3 Å². The molecule has 1 fully saturated rings. The van der Waals surface area contributed by atoms with Gasteiger partial charge in [0.2, 0.25) is 5.76 Å². The van der Waals surface area contributed by atoms with E-state index in [2.05, 4.69) is 18.6 Å². The molecule has 0 bridgehead atoms. The van der Waals surface area contributed by atoms with Crippen molar-refractivity contribution in [2.45, 2.75) is 51.6 Å². The first-order chi connectivity index (χ1) is 9.44. The Morgan fingerprint density at radius 2 is 2.30 bits per heavy atom. The first-order valence-electron chi connectivity index (χ1n) is 7.35. The molecule has 0 radical (unpaired) electrons. The lowest BCUT2D eigenvalue weighted by Crippen LogP contribution is -2.32. The fourth-order valence-corrected chi connectivity index (χ4v) is 3.25. The van der Waals surface area contributed by atoms with E-state index in [9.17, 15) is 9.90 Å². The van der Waals surface area contributed by atoms with Gasteiger partial charge >= 0.3 is 5.97 Å². The fraction of sp³-hybridized carbons (Fsp3) is 0.688. The van der Waals surface area contributed by atoms with Crippen molar-refractivity contribution in [2.24, 2.45) is 11.8 Å². The van der Waals surface area contributed by atoms with Crippen LogP contribution in [-0.4, -0.2) is 18.2 Å². The maximum Gasteiger partial charge on any atom is 0.373 e. The molecule has 2 atom stereocenters. The van der Waals surface area contributed by atoms with Crippen LogP contribution in [0, 0.1) is 11.8 Å². The number of aliphatic hydroxyl groups is 1. The van der Waals surface area contributed by atoms with Crippen molar-refractivity contribution >= 4 is 5.97 Å². The smallest absolute Gasteiger partial charge is 0.373 e. The quantitative estimate of drug-likeness (QED) is 0.858. The fourth-order valence-electron chi connectivity index (χ4n) is 3.25. The lowest BCUT2D eigenvalue weighted by Gasteiger charge is -2.36. The van der Waals surface area contributed by atoms with E-state index >= 15 is 0 Å². The largest absolute Gasteiger partial charge is 0.463 e. The van der Waals surface area contributed by atoms with Gasteiger partial charge in [0.15, 0.2) is 0 Å². The Balaban J connectivity index is 2.13. The van der Waals surface area contributed by atoms with Crippen LogP contribution in [0.15, 0.2) is 16.5 Å². The second-order valence-electron chi connectivity index (χ2n) is 6.28. The van der Waals surface area contributed by atoms with Crippen molar-refractivity contribution in [2.75, 3.05) is 7.11 Å². The Labute approximate surface area is 120 Å². The van der Waals surface area contributed by atoms with Gasteiger partial charge in [0.05, 0.1) is 7.11 Å². The van der Waals surface area contributed by atoms with E-state index < -0.39 is 11.6 Å². The summed E-state index contributed by atoms with van der Waals surface area (Å²) in [6, 6.07) is 3.27. The third-order valence-electron chi connectivity index (χ3n) is 4.09. The summed E-state index contributed by atoms with van der Waals surface area (Å²) in [7, 11) is 1.32. The number of esters is 1. The minimum atomic E-state index is -0.940. The molecule has 1 aliphatic carbocycles. The summed E-state index contributed by atoms with van der Waals surface area (Å²) in [5, 5.41) is 10.8. The average Bonchev–Trinajstić information content (AvgIpc) is 2.87. The molecule has 2 unspecified atom stereocenters. The summed E-state index contributed by atoms with van der Waals surface area (Å²) in [6.07, 6.45) is 4.66. The molecule has 1 saturated carbocycles. The molecule has 1 aliphatic rings. The van der Waals surface area contributed by atoms with Crippen LogP contribution in [-0.2, 0) is 10.3 Å². The zero-order chi connectivity index (χ0) is 14.8. The number of carbonyl (C=O) groups is 1. The van der Waals surface area contributed by atoms with Crippen LogP contribution in [0.3, 0.4) is 0 Å². The molecular formula is C16H24O4. The number of furan rings is 1. The molecule has 0 amide bonds. The Bertz CT molecular complexity index is 463. The van der Waals surface area contributed by atoms with Crippen molar-refractivity contribution in [3.8, 4) is 0 Å². The van der Waals surface area contributed by atoms with Gasteiger partial charge in [-0.3, -0.25) is 0 Å². The molecule has 1 heterocycles. The van der Waals surface area contributed by atoms with E-state index in [4.69, 9.17) is 4.42 Å². The molecule has 4 nitrogen and oxygen atoms in total. The SMILES string of the molecule is COC(=O)c1ccc(C2(O)CCCC(CC(C)C)C2)o1. The van der Waals surface area contributed by atoms with Gasteiger partial charge in [0, 0.05) is 0 Å². The van der Waals surface area contributed by atoms with Gasteiger partial charge in [-0.05, 0) is 49.7 Å². The van der Waals surface area contributed by atoms with Crippen LogP contribution in [0.1, 0.15) is 62.3 Å². The second kappa shape index (κ2) is 6.00. The molecule has 20 heavy (non-hydrogen) atoms. The average molecular weight is 280 g/mol. The Morgan fingerprint density at radius 1 is 1.55 bits per heavy atom. The van der Waals surface area contributed by atoms with Gasteiger partial charge in [-0.15, -0.1) is 0 Å². The van der Waals surface area contributed by atoms with Crippen molar-refractivity contribution in [1.82, 2.24) is 0 Å². The summed E-state index contributed by atoms with van der Waals surface area (Å²) >= 11 is 0. The Hall–Kier alpha value is -1.29. The second-order valence-corrected chi connectivity index (χ2v) is 6.28. The third kappa shape index (κ3) is 3.23. The molecule has 0 aliphatic heterocycles. The predicted octanol–water partition coefficient (Wildman–Crippen LogP) is 3.49. The highest BCUT2D eigenvalue weighted by Gasteiger charge is 2.38. The molecule has 1 aromatic rings. The van der Waals surface area contributed by atoms with Gasteiger partial charge in [0.25, 0.3) is 0 Å². The predicted molar refractivity (Wildman–Crippen MR) is 75.4 cm³/mol. The van der Waals surface area contributed by atoms with Crippen LogP contribution in [0.25, 0.3) is 0 Å². The monoisotopic (exact) mass is 280 g/mol. The van der Waals surface area contributed by atoms with Gasteiger partial charge in [0.1, 0.15) is 11.4 Å². The normalized spacial score (nSPS) is 26.8. The van der Waals surface area contributed by atoms with E-state index in [-0.39, 0.29) is 5.76 Å². The van der Waals surface area contributed by atoms with Crippen LogP contribution in [0.2, 0.25) is 0 Å². The molecule has 1 N–H and O–H groups in total. The zero-order valence-corrected chi connectivity index (χ0v) is 12.5. The van der Waals surface area contributed by atoms with Crippen LogP contribution < -0.4 is 0 Å². The molecule has 4 heteroatoms. The lowest BCUT2D eigenvalue weighted by atomic mass is 9.74. The number of hydrogen-bond acceptors (Lipinski definition) is 4. The van der Waals surface area contributed by atoms with E-state index in [0.29, 0.717) is 30.4 Å². The van der Waals surface area contributed by atoms with E-state index in [0.717, 1.165) is 19.3 Å². The molecule has 2 rings (SSSR count). The van der Waals surface area contributed by atoms with Crippen LogP contribution >= 0.6 is 0 Å². The molecular weight excluding hydrogens is 256 g/mol. The topological polar surface area (TPSA) is 59.7 Å². The minimum absolute atomic E-state index is 0.155. The standard InChI is InChI=1S/C16H24O4/c1-11(2)9-12-5-4-8-16(18,10-12)14-7-6-13(20-14)15(17)19-3/h6-7,11-12,18H,4-5,8-10H2,1-3H3. The molecule has 1 aromatic heterocycles. The van der Waals surface area contributed by atoms with Crippen LogP contribution in [0.5, 0.6) is 0 Å².